The van der Waals surface area contributed by atoms with E-state index < -0.39 is 17.7 Å². The van der Waals surface area contributed by atoms with Crippen LogP contribution in [0.1, 0.15) is 117 Å². The van der Waals surface area contributed by atoms with E-state index in [1.165, 1.54) is 61.8 Å². The van der Waals surface area contributed by atoms with E-state index >= 15 is 0 Å². The lowest BCUT2D eigenvalue weighted by molar-refractivity contribution is -0.174. The molecule has 2 bridgehead atoms. The highest BCUT2D eigenvalue weighted by atomic mass is 16.7. The lowest BCUT2D eigenvalue weighted by atomic mass is 9.70. The molecule has 4 N–H and O–H groups in total. The van der Waals surface area contributed by atoms with Crippen molar-refractivity contribution in [1.29, 1.82) is 0 Å². The van der Waals surface area contributed by atoms with Crippen LogP contribution in [0.15, 0.2) is 22.8 Å². The summed E-state index contributed by atoms with van der Waals surface area (Å²) in [6.07, 6.45) is 19.4. The summed E-state index contributed by atoms with van der Waals surface area (Å²) >= 11 is 0. The van der Waals surface area contributed by atoms with Gasteiger partial charge in [0, 0.05) is 30.9 Å². The molecule has 7 heteroatoms. The van der Waals surface area contributed by atoms with Gasteiger partial charge in [-0.15, -0.1) is 0 Å². The van der Waals surface area contributed by atoms with Crippen LogP contribution in [0.5, 0.6) is 0 Å². The van der Waals surface area contributed by atoms with Gasteiger partial charge < -0.3 is 25.4 Å². The molecule has 1 heterocycles. The maximum atomic E-state index is 11.9. The molecule has 0 radical (unpaired) electrons. The number of fused-ring (bicyclic) bond motifs is 2. The first kappa shape index (κ1) is 36.3. The van der Waals surface area contributed by atoms with E-state index in [4.69, 9.17) is 4.84 Å². The van der Waals surface area contributed by atoms with Crippen molar-refractivity contribution in [3.05, 3.63) is 22.8 Å². The van der Waals surface area contributed by atoms with E-state index in [0.29, 0.717) is 18.9 Å². The van der Waals surface area contributed by atoms with Crippen LogP contribution in [0, 0.1) is 41.4 Å². The van der Waals surface area contributed by atoms with Crippen molar-refractivity contribution in [2.75, 3.05) is 26.7 Å². The average Bonchev–Trinajstić information content (AvgIpc) is 3.38. The van der Waals surface area contributed by atoms with E-state index in [9.17, 15) is 20.1 Å². The number of rotatable bonds is 10. The number of carbonyl (C=O) groups is 1. The molecule has 4 fully saturated rings. The van der Waals surface area contributed by atoms with Gasteiger partial charge in [-0.05, 0) is 110 Å². The summed E-state index contributed by atoms with van der Waals surface area (Å²) in [6.45, 7) is 7.57. The monoisotopic (exact) mass is 626 g/mol. The largest absolute Gasteiger partial charge is 0.396 e. The molecule has 0 amide bonds. The van der Waals surface area contributed by atoms with Crippen molar-refractivity contribution in [2.24, 2.45) is 29.6 Å². The Morgan fingerprint density at radius 1 is 1.13 bits per heavy atom. The average molecular weight is 627 g/mol. The van der Waals surface area contributed by atoms with Crippen LogP contribution >= 0.6 is 0 Å². The number of hydrogen-bond donors (Lipinski definition) is 4. The Kier molecular flexibility index (Phi) is 14.2. The number of aliphatic hydroxyl groups is 3. The van der Waals surface area contributed by atoms with Gasteiger partial charge >= 0.3 is 0 Å². The molecule has 3 saturated carbocycles. The normalized spacial score (nSPS) is 32.8. The minimum atomic E-state index is -1.07. The summed E-state index contributed by atoms with van der Waals surface area (Å²) in [6, 6.07) is -0.506. The van der Waals surface area contributed by atoms with Gasteiger partial charge in [0.05, 0.1) is 18.2 Å². The van der Waals surface area contributed by atoms with Gasteiger partial charge in [-0.1, -0.05) is 67.2 Å². The maximum Gasteiger partial charge on any atom is 0.139 e. The zero-order chi connectivity index (χ0) is 32.4. The van der Waals surface area contributed by atoms with E-state index in [2.05, 4.69) is 37.2 Å². The van der Waals surface area contributed by atoms with E-state index in [0.717, 1.165) is 63.6 Å². The van der Waals surface area contributed by atoms with Crippen LogP contribution in [0.2, 0.25) is 0 Å². The molecule has 1 aliphatic heterocycles. The van der Waals surface area contributed by atoms with Crippen molar-refractivity contribution in [1.82, 2.24) is 10.4 Å². The van der Waals surface area contributed by atoms with Gasteiger partial charge in [-0.3, -0.25) is 4.84 Å². The highest BCUT2D eigenvalue weighted by molar-refractivity contribution is 5.59. The lowest BCUT2D eigenvalue weighted by Crippen LogP contribution is -2.41. The Balaban J connectivity index is 0.000000440. The molecule has 45 heavy (non-hydrogen) atoms. The van der Waals surface area contributed by atoms with Gasteiger partial charge in [0.2, 0.25) is 0 Å². The Labute approximate surface area is 273 Å². The number of hydroxylamine groups is 2. The van der Waals surface area contributed by atoms with Crippen LogP contribution in [0.25, 0.3) is 0 Å². The first-order chi connectivity index (χ1) is 21.7. The summed E-state index contributed by atoms with van der Waals surface area (Å²) in [5.41, 5.74) is 3.30. The zero-order valence-electron chi connectivity index (χ0n) is 28.6. The minimum absolute atomic E-state index is 0.0133. The third kappa shape index (κ3) is 9.75. The molecule has 0 aromatic rings. The lowest BCUT2D eigenvalue weighted by Gasteiger charge is -2.37. The van der Waals surface area contributed by atoms with Gasteiger partial charge in [-0.25, -0.2) is 0 Å². The molecule has 5 rings (SSSR count). The second-order valence-corrected chi connectivity index (χ2v) is 14.7. The van der Waals surface area contributed by atoms with Crippen LogP contribution in [0.3, 0.4) is 0 Å². The molecule has 8 unspecified atom stereocenters. The molecule has 0 spiro atoms. The Morgan fingerprint density at radius 3 is 2.56 bits per heavy atom. The highest BCUT2D eigenvalue weighted by Crippen LogP contribution is 2.43. The van der Waals surface area contributed by atoms with Gasteiger partial charge in [0.15, 0.2) is 0 Å². The number of carbonyl (C=O) groups excluding carboxylic acids is 1. The second kappa shape index (κ2) is 17.6. The van der Waals surface area contributed by atoms with Crippen molar-refractivity contribution in [2.45, 2.75) is 141 Å². The topological polar surface area (TPSA) is 102 Å². The number of allylic oxidation sites excluding steroid dienone is 2. The standard InChI is InChI=1S/C30H45NO5.C8H17N/c1-4-25-24-10-6-8-22(16-24)17-26(25)30(3,35)13-11-21-7-5-9-23(15-21)18-31-27(19-33)29(20(2)34)28(36-31)12-14-32;1-9-7-8-5-3-2-4-6-8/h17,19-21,23,26-29,32,34-35H,4-10,12,14-16,18H2,1-3H3;8-9H,2-7H2,1H3. The summed E-state index contributed by atoms with van der Waals surface area (Å²) < 4.78 is 0. The maximum absolute atomic E-state index is 11.9. The smallest absolute Gasteiger partial charge is 0.139 e. The third-order valence-electron chi connectivity index (χ3n) is 11.1. The number of aldehydes is 1. The quantitative estimate of drug-likeness (QED) is 0.140. The van der Waals surface area contributed by atoms with Gasteiger partial charge in [0.1, 0.15) is 11.9 Å². The number of nitrogens with zero attached hydrogens (tertiary/aromatic N) is 1. The van der Waals surface area contributed by atoms with E-state index in [-0.39, 0.29) is 30.5 Å². The van der Waals surface area contributed by atoms with E-state index in [1.54, 1.807) is 12.0 Å². The number of hydrogen-bond acceptors (Lipinski definition) is 7. The second-order valence-electron chi connectivity index (χ2n) is 14.7. The molecular weight excluding hydrogens is 564 g/mol. The van der Waals surface area contributed by atoms with Crippen LogP contribution in [0.4, 0.5) is 0 Å². The zero-order valence-corrected chi connectivity index (χ0v) is 28.6. The number of nitrogens with one attached hydrogen (secondary N) is 1. The fourth-order valence-electron chi connectivity index (χ4n) is 8.79. The van der Waals surface area contributed by atoms with Gasteiger partial charge in [0.25, 0.3) is 0 Å². The fourth-order valence-corrected chi connectivity index (χ4v) is 8.79. The Hall–Kier alpha value is -1.53. The highest BCUT2D eigenvalue weighted by Gasteiger charge is 2.46. The van der Waals surface area contributed by atoms with Crippen molar-refractivity contribution < 1.29 is 25.0 Å². The summed E-state index contributed by atoms with van der Waals surface area (Å²) in [5.74, 6) is 7.93. The molecule has 0 aromatic carbocycles. The fraction of sp³-hybridized carbons (Fsp3) is 0.816. The summed E-state index contributed by atoms with van der Waals surface area (Å²) in [7, 11) is 2.05. The minimum Gasteiger partial charge on any atom is -0.396 e. The molecule has 254 valence electrons. The van der Waals surface area contributed by atoms with Crippen LogP contribution < -0.4 is 5.32 Å². The summed E-state index contributed by atoms with van der Waals surface area (Å²) in [4.78, 5) is 18.0. The molecule has 0 aromatic heterocycles. The van der Waals surface area contributed by atoms with Gasteiger partial charge in [-0.2, -0.15) is 5.06 Å². The molecule has 8 atom stereocenters. The Bertz CT molecular complexity index is 1060. The first-order valence-corrected chi connectivity index (χ1v) is 18.2. The van der Waals surface area contributed by atoms with Crippen LogP contribution in [-0.2, 0) is 9.63 Å². The third-order valence-corrected chi connectivity index (χ3v) is 11.1. The Morgan fingerprint density at radius 2 is 1.89 bits per heavy atom. The van der Waals surface area contributed by atoms with E-state index in [1.807, 2.05) is 6.92 Å². The molecule has 4 aliphatic carbocycles. The molecule has 7 nitrogen and oxygen atoms in total. The SMILES string of the molecule is CCC1=C2CCCC(=CC1C(C)(O)C#CC1CCCC(CN3OC(CCO)C(C(C)O)C3C=O)C1)C2.CNCC1CCCCC1. The summed E-state index contributed by atoms with van der Waals surface area (Å²) in [5, 5.41) is 36.1. The molecule has 1 saturated heterocycles. The first-order valence-electron chi connectivity index (χ1n) is 18.2. The van der Waals surface area contributed by atoms with Crippen molar-refractivity contribution >= 4 is 6.29 Å². The van der Waals surface area contributed by atoms with Crippen molar-refractivity contribution in [3.8, 4) is 11.8 Å². The predicted octanol–water partition coefficient (Wildman–Crippen LogP) is 5.73. The molecule has 5 aliphatic rings. The number of aliphatic hydroxyl groups excluding tert-OH is 2. The van der Waals surface area contributed by atoms with Crippen molar-refractivity contribution in [3.63, 3.8) is 0 Å². The van der Waals surface area contributed by atoms with Crippen LogP contribution in [-0.4, -0.2) is 77.3 Å². The predicted molar refractivity (Wildman–Crippen MR) is 180 cm³/mol. The molecular formula is C38H62N2O5.